The van der Waals surface area contributed by atoms with Crippen LogP contribution >= 0.6 is 11.3 Å². The first-order chi connectivity index (χ1) is 10.1. The van der Waals surface area contributed by atoms with Gasteiger partial charge in [0, 0.05) is 6.07 Å². The van der Waals surface area contributed by atoms with Crippen LogP contribution < -0.4 is 14.8 Å². The van der Waals surface area contributed by atoms with Crippen LogP contribution in [-0.4, -0.2) is 38.6 Å². The molecule has 2 aromatic rings. The van der Waals surface area contributed by atoms with Gasteiger partial charge in [0.15, 0.2) is 5.78 Å². The third-order valence-corrected chi connectivity index (χ3v) is 4.26. The van der Waals surface area contributed by atoms with Gasteiger partial charge < -0.3 is 14.8 Å². The number of carbonyl (C=O) groups excluding carboxylic acids is 1. The fourth-order valence-corrected chi connectivity index (χ4v) is 3.02. The van der Waals surface area contributed by atoms with Crippen molar-refractivity contribution >= 4 is 17.1 Å². The van der Waals surface area contributed by atoms with Gasteiger partial charge in [-0.2, -0.15) is 0 Å². The van der Waals surface area contributed by atoms with E-state index in [2.05, 4.69) is 10.3 Å². The Labute approximate surface area is 127 Å². The topological polar surface area (TPSA) is 60.5 Å². The lowest BCUT2D eigenvalue weighted by atomic mass is 10.2. The third kappa shape index (κ3) is 3.22. The van der Waals surface area contributed by atoms with Gasteiger partial charge in [-0.3, -0.25) is 4.79 Å². The van der Waals surface area contributed by atoms with E-state index in [0.29, 0.717) is 17.2 Å². The van der Waals surface area contributed by atoms with Gasteiger partial charge in [0.05, 0.1) is 36.9 Å². The van der Waals surface area contributed by atoms with Crippen LogP contribution in [0, 0.1) is 6.92 Å². The summed E-state index contributed by atoms with van der Waals surface area (Å²) in [4.78, 5) is 17.2. The van der Waals surface area contributed by atoms with Crippen LogP contribution in [-0.2, 0) is 0 Å². The van der Waals surface area contributed by atoms with Gasteiger partial charge in [-0.25, -0.2) is 4.98 Å². The maximum absolute atomic E-state index is 12.0. The summed E-state index contributed by atoms with van der Waals surface area (Å²) < 4.78 is 10.6. The van der Waals surface area contributed by atoms with Crippen LogP contribution in [0.4, 0.5) is 0 Å². The molecule has 0 aliphatic heterocycles. The Hall–Kier alpha value is -1.92. The van der Waals surface area contributed by atoms with Crippen molar-refractivity contribution in [1.82, 2.24) is 10.3 Å². The molecule has 0 amide bonds. The van der Waals surface area contributed by atoms with Crippen LogP contribution in [0.5, 0.6) is 11.5 Å². The molecule has 0 bridgehead atoms. The maximum atomic E-state index is 12.0. The monoisotopic (exact) mass is 306 g/mol. The molecule has 1 N–H and O–H groups in total. The first-order valence-corrected chi connectivity index (χ1v) is 7.30. The third-order valence-electron chi connectivity index (χ3n) is 3.03. The van der Waals surface area contributed by atoms with E-state index in [-0.39, 0.29) is 5.78 Å². The standard InChI is InChI=1S/C15H18N2O3S/c1-9-14(12(18)8-16-2)21-15(17-9)11-6-5-10(19-3)7-13(11)20-4/h5-7,16H,8H2,1-4H3. The largest absolute Gasteiger partial charge is 0.497 e. The molecule has 6 heteroatoms. The highest BCUT2D eigenvalue weighted by Crippen LogP contribution is 2.36. The van der Waals surface area contributed by atoms with E-state index >= 15 is 0 Å². The van der Waals surface area contributed by atoms with Gasteiger partial charge in [-0.1, -0.05) is 0 Å². The summed E-state index contributed by atoms with van der Waals surface area (Å²) in [7, 11) is 4.96. The molecule has 0 aliphatic rings. The lowest BCUT2D eigenvalue weighted by molar-refractivity contribution is 0.0996. The van der Waals surface area contributed by atoms with E-state index < -0.39 is 0 Å². The zero-order chi connectivity index (χ0) is 15.4. The molecule has 0 saturated carbocycles. The second-order valence-corrected chi connectivity index (χ2v) is 5.45. The van der Waals surface area contributed by atoms with Crippen molar-refractivity contribution in [1.29, 1.82) is 0 Å². The smallest absolute Gasteiger partial charge is 0.188 e. The molecule has 0 unspecified atom stereocenters. The van der Waals surface area contributed by atoms with E-state index in [1.807, 2.05) is 19.1 Å². The van der Waals surface area contributed by atoms with Crippen molar-refractivity contribution < 1.29 is 14.3 Å². The summed E-state index contributed by atoms with van der Waals surface area (Å²) in [6, 6.07) is 5.55. The molecule has 0 atom stereocenters. The first-order valence-electron chi connectivity index (χ1n) is 6.48. The number of ether oxygens (including phenoxy) is 2. The zero-order valence-corrected chi connectivity index (χ0v) is 13.3. The van der Waals surface area contributed by atoms with Crippen molar-refractivity contribution in [3.63, 3.8) is 0 Å². The van der Waals surface area contributed by atoms with Gasteiger partial charge in [0.25, 0.3) is 0 Å². The molecule has 0 aliphatic carbocycles. The fourth-order valence-electron chi connectivity index (χ4n) is 1.99. The maximum Gasteiger partial charge on any atom is 0.188 e. The van der Waals surface area contributed by atoms with E-state index in [9.17, 15) is 4.79 Å². The Balaban J connectivity index is 2.43. The SMILES string of the molecule is CNCC(=O)c1sc(-c2ccc(OC)cc2OC)nc1C. The minimum atomic E-state index is 0.0474. The minimum Gasteiger partial charge on any atom is -0.497 e. The van der Waals surface area contributed by atoms with E-state index in [4.69, 9.17) is 9.47 Å². The number of nitrogens with zero attached hydrogens (tertiary/aromatic N) is 1. The number of ketones is 1. The van der Waals surface area contributed by atoms with Crippen LogP contribution in [0.25, 0.3) is 10.6 Å². The predicted octanol–water partition coefficient (Wildman–Crippen LogP) is 2.54. The first kappa shape index (κ1) is 15.5. The molecule has 0 radical (unpaired) electrons. The van der Waals surface area contributed by atoms with Gasteiger partial charge in [-0.05, 0) is 26.1 Å². The highest BCUT2D eigenvalue weighted by Gasteiger charge is 2.18. The Morgan fingerprint density at radius 3 is 2.71 bits per heavy atom. The molecule has 1 heterocycles. The van der Waals surface area contributed by atoms with Crippen LogP contribution in [0.3, 0.4) is 0 Å². The number of carbonyl (C=O) groups is 1. The number of Topliss-reactive ketones (excluding diaryl/α,β-unsaturated/α-hetero) is 1. The highest BCUT2D eigenvalue weighted by molar-refractivity contribution is 7.17. The van der Waals surface area contributed by atoms with Gasteiger partial charge in [0.1, 0.15) is 16.5 Å². The predicted molar refractivity (Wildman–Crippen MR) is 83.6 cm³/mol. The fraction of sp³-hybridized carbons (Fsp3) is 0.333. The lowest BCUT2D eigenvalue weighted by Gasteiger charge is -2.08. The number of hydrogen-bond donors (Lipinski definition) is 1. The number of likely N-dealkylation sites (N-methyl/N-ethyl adjacent to an activating group) is 1. The average molecular weight is 306 g/mol. The minimum absolute atomic E-state index is 0.0474. The van der Waals surface area contributed by atoms with Crippen molar-refractivity contribution in [2.45, 2.75) is 6.92 Å². The van der Waals surface area contributed by atoms with E-state index in [1.54, 1.807) is 27.3 Å². The zero-order valence-electron chi connectivity index (χ0n) is 12.5. The molecule has 112 valence electrons. The summed E-state index contributed by atoms with van der Waals surface area (Å²) in [5, 5.41) is 3.64. The molecule has 0 spiro atoms. The number of rotatable bonds is 6. The number of aromatic nitrogens is 1. The Kier molecular flexibility index (Phi) is 4.93. The molecule has 2 rings (SSSR count). The number of hydrogen-bond acceptors (Lipinski definition) is 6. The lowest BCUT2D eigenvalue weighted by Crippen LogP contribution is -2.18. The number of thiazole rings is 1. The second-order valence-electron chi connectivity index (χ2n) is 4.45. The van der Waals surface area contributed by atoms with Gasteiger partial charge in [0.2, 0.25) is 0 Å². The Morgan fingerprint density at radius 2 is 2.10 bits per heavy atom. The Bertz CT molecular complexity index is 652. The highest BCUT2D eigenvalue weighted by atomic mass is 32.1. The summed E-state index contributed by atoms with van der Waals surface area (Å²) in [6.45, 7) is 2.15. The van der Waals surface area contributed by atoms with Gasteiger partial charge in [-0.15, -0.1) is 11.3 Å². The molecular weight excluding hydrogens is 288 g/mol. The normalized spacial score (nSPS) is 10.5. The molecule has 1 aromatic carbocycles. The summed E-state index contributed by atoms with van der Waals surface area (Å²) in [6.07, 6.45) is 0. The average Bonchev–Trinajstić information content (AvgIpc) is 2.88. The number of benzene rings is 1. The summed E-state index contributed by atoms with van der Waals surface area (Å²) in [5.41, 5.74) is 1.60. The van der Waals surface area contributed by atoms with E-state index in [1.165, 1.54) is 11.3 Å². The van der Waals surface area contributed by atoms with Crippen LogP contribution in [0.15, 0.2) is 18.2 Å². The van der Waals surface area contributed by atoms with Crippen molar-refractivity contribution in [3.05, 3.63) is 28.8 Å². The van der Waals surface area contributed by atoms with Crippen molar-refractivity contribution in [2.75, 3.05) is 27.8 Å². The molecule has 0 fully saturated rings. The second kappa shape index (κ2) is 6.69. The Morgan fingerprint density at radius 1 is 1.33 bits per heavy atom. The van der Waals surface area contributed by atoms with Crippen LogP contribution in [0.1, 0.15) is 15.4 Å². The molecule has 1 aromatic heterocycles. The molecule has 21 heavy (non-hydrogen) atoms. The van der Waals surface area contributed by atoms with Crippen molar-refractivity contribution in [2.24, 2.45) is 0 Å². The number of aryl methyl sites for hydroxylation is 1. The quantitative estimate of drug-likeness (QED) is 0.831. The summed E-state index contributed by atoms with van der Waals surface area (Å²) in [5.74, 6) is 1.44. The molecule has 5 nitrogen and oxygen atoms in total. The van der Waals surface area contributed by atoms with Crippen molar-refractivity contribution in [3.8, 4) is 22.1 Å². The summed E-state index contributed by atoms with van der Waals surface area (Å²) >= 11 is 1.38. The molecule has 0 saturated heterocycles. The van der Waals surface area contributed by atoms with Crippen LogP contribution in [0.2, 0.25) is 0 Å². The van der Waals surface area contributed by atoms with Gasteiger partial charge >= 0.3 is 0 Å². The molecular formula is C15H18N2O3S. The number of nitrogens with one attached hydrogen (secondary N) is 1. The number of methoxy groups -OCH3 is 2. The van der Waals surface area contributed by atoms with E-state index in [0.717, 1.165) is 22.0 Å².